The van der Waals surface area contributed by atoms with E-state index in [1.165, 1.54) is 6.21 Å². The SMILES string of the molecule is CC(C)(C)[S@@](=O)N=Cc1cc(Br)no1. The van der Waals surface area contributed by atoms with E-state index < -0.39 is 11.0 Å². The Morgan fingerprint density at radius 1 is 1.64 bits per heavy atom. The molecule has 0 aliphatic carbocycles. The van der Waals surface area contributed by atoms with Gasteiger partial charge in [-0.25, -0.2) is 4.21 Å². The largest absolute Gasteiger partial charge is 0.354 e. The Labute approximate surface area is 93.5 Å². The van der Waals surface area contributed by atoms with E-state index in [-0.39, 0.29) is 4.75 Å². The molecule has 0 radical (unpaired) electrons. The van der Waals surface area contributed by atoms with Gasteiger partial charge in [0.05, 0.1) is 11.0 Å². The van der Waals surface area contributed by atoms with E-state index in [0.717, 1.165) is 0 Å². The standard InChI is InChI=1S/C8H11BrN2O2S/c1-8(2,3)14(12)10-5-6-4-7(9)11-13-6/h4-5H,1-3H3/t14-/m1/s1. The first-order valence-corrected chi connectivity index (χ1v) is 5.88. The van der Waals surface area contributed by atoms with Crippen molar-refractivity contribution < 1.29 is 8.73 Å². The van der Waals surface area contributed by atoms with Gasteiger partial charge in [0.2, 0.25) is 0 Å². The summed E-state index contributed by atoms with van der Waals surface area (Å²) < 4.78 is 20.4. The molecular weight excluding hydrogens is 268 g/mol. The summed E-state index contributed by atoms with van der Waals surface area (Å²) in [4.78, 5) is 0. The maximum atomic E-state index is 11.5. The number of aromatic nitrogens is 1. The van der Waals surface area contributed by atoms with Crippen LogP contribution in [-0.4, -0.2) is 20.3 Å². The minimum atomic E-state index is -1.26. The number of nitrogens with zero attached hydrogens (tertiary/aromatic N) is 2. The number of hydrogen-bond acceptors (Lipinski definition) is 3. The molecule has 0 saturated carbocycles. The van der Waals surface area contributed by atoms with Gasteiger partial charge in [-0.2, -0.15) is 4.40 Å². The minimum absolute atomic E-state index is 0.353. The fourth-order valence-corrected chi connectivity index (χ4v) is 1.40. The second-order valence-electron chi connectivity index (χ2n) is 3.65. The highest BCUT2D eigenvalue weighted by Crippen LogP contribution is 2.13. The fraction of sp³-hybridized carbons (Fsp3) is 0.500. The fourth-order valence-electron chi connectivity index (χ4n) is 0.585. The Bertz CT molecular complexity index is 368. The third kappa shape index (κ3) is 3.34. The molecule has 6 heteroatoms. The van der Waals surface area contributed by atoms with Crippen molar-refractivity contribution in [3.63, 3.8) is 0 Å². The monoisotopic (exact) mass is 278 g/mol. The molecule has 1 aromatic heterocycles. The molecule has 0 aromatic carbocycles. The van der Waals surface area contributed by atoms with Crippen molar-refractivity contribution >= 4 is 33.1 Å². The average molecular weight is 279 g/mol. The molecule has 1 atom stereocenters. The summed E-state index contributed by atoms with van der Waals surface area (Å²) in [5.74, 6) is 0.481. The van der Waals surface area contributed by atoms with Crippen LogP contribution in [0.15, 0.2) is 19.6 Å². The molecule has 0 bridgehead atoms. The maximum absolute atomic E-state index is 11.5. The maximum Gasteiger partial charge on any atom is 0.179 e. The predicted molar refractivity (Wildman–Crippen MR) is 59.7 cm³/mol. The van der Waals surface area contributed by atoms with Gasteiger partial charge < -0.3 is 4.52 Å². The molecule has 1 aromatic rings. The van der Waals surface area contributed by atoms with Crippen molar-refractivity contribution in [3.8, 4) is 0 Å². The van der Waals surface area contributed by atoms with Crippen molar-refractivity contribution in [1.29, 1.82) is 0 Å². The minimum Gasteiger partial charge on any atom is -0.354 e. The van der Waals surface area contributed by atoms with Gasteiger partial charge in [-0.1, -0.05) is 5.16 Å². The molecule has 0 aliphatic heterocycles. The van der Waals surface area contributed by atoms with Crippen LogP contribution in [0.3, 0.4) is 0 Å². The summed E-state index contributed by atoms with van der Waals surface area (Å²) in [6.45, 7) is 5.57. The molecule has 1 heterocycles. The molecule has 0 amide bonds. The lowest BCUT2D eigenvalue weighted by Crippen LogP contribution is -2.19. The van der Waals surface area contributed by atoms with Crippen molar-refractivity contribution in [2.75, 3.05) is 0 Å². The third-order valence-corrected chi connectivity index (χ3v) is 3.02. The molecule has 0 spiro atoms. The predicted octanol–water partition coefficient (Wildman–Crippen LogP) is 2.32. The zero-order valence-corrected chi connectivity index (χ0v) is 10.6. The van der Waals surface area contributed by atoms with Gasteiger partial charge in [-0.15, -0.1) is 0 Å². The third-order valence-electron chi connectivity index (χ3n) is 1.30. The van der Waals surface area contributed by atoms with E-state index in [0.29, 0.717) is 10.4 Å². The Morgan fingerprint density at radius 2 is 2.29 bits per heavy atom. The van der Waals surface area contributed by atoms with E-state index in [1.807, 2.05) is 20.8 Å². The van der Waals surface area contributed by atoms with Crippen LogP contribution in [0.1, 0.15) is 26.5 Å². The van der Waals surface area contributed by atoms with Gasteiger partial charge in [-0.3, -0.25) is 0 Å². The second kappa shape index (κ2) is 4.35. The van der Waals surface area contributed by atoms with Crippen molar-refractivity contribution in [3.05, 3.63) is 16.4 Å². The van der Waals surface area contributed by atoms with E-state index >= 15 is 0 Å². The zero-order chi connectivity index (χ0) is 10.8. The molecule has 14 heavy (non-hydrogen) atoms. The van der Waals surface area contributed by atoms with Crippen LogP contribution in [0.4, 0.5) is 0 Å². The lowest BCUT2D eigenvalue weighted by molar-refractivity contribution is 0.411. The molecule has 78 valence electrons. The van der Waals surface area contributed by atoms with Gasteiger partial charge >= 0.3 is 0 Å². The van der Waals surface area contributed by atoms with Crippen LogP contribution in [0.2, 0.25) is 0 Å². The summed E-state index contributed by atoms with van der Waals surface area (Å²) in [7, 11) is -1.26. The summed E-state index contributed by atoms with van der Waals surface area (Å²) >= 11 is 3.14. The highest BCUT2D eigenvalue weighted by Gasteiger charge is 2.18. The normalized spacial score (nSPS) is 14.9. The Morgan fingerprint density at radius 3 is 2.71 bits per heavy atom. The zero-order valence-electron chi connectivity index (χ0n) is 8.15. The first kappa shape index (κ1) is 11.6. The lowest BCUT2D eigenvalue weighted by atomic mass is 10.3. The molecule has 0 unspecified atom stereocenters. The lowest BCUT2D eigenvalue weighted by Gasteiger charge is -2.12. The number of hydrogen-bond donors (Lipinski definition) is 0. The molecular formula is C8H11BrN2O2S. The summed E-state index contributed by atoms with van der Waals surface area (Å²) in [5, 5.41) is 3.61. The van der Waals surface area contributed by atoms with Gasteiger partial charge in [-0.05, 0) is 36.7 Å². The first-order chi connectivity index (χ1) is 6.39. The summed E-state index contributed by atoms with van der Waals surface area (Å²) in [6, 6.07) is 1.66. The average Bonchev–Trinajstić information content (AvgIpc) is 2.45. The van der Waals surface area contributed by atoms with Crippen LogP contribution in [0, 0.1) is 0 Å². The van der Waals surface area contributed by atoms with Gasteiger partial charge in [0, 0.05) is 6.07 Å². The van der Waals surface area contributed by atoms with E-state index in [4.69, 9.17) is 4.52 Å². The number of rotatable bonds is 2. The smallest absolute Gasteiger partial charge is 0.179 e. The van der Waals surface area contributed by atoms with Gasteiger partial charge in [0.25, 0.3) is 0 Å². The number of halogens is 1. The second-order valence-corrected chi connectivity index (χ2v) is 6.39. The van der Waals surface area contributed by atoms with E-state index in [1.54, 1.807) is 6.07 Å². The van der Waals surface area contributed by atoms with Crippen molar-refractivity contribution in [2.45, 2.75) is 25.5 Å². The first-order valence-electron chi connectivity index (χ1n) is 3.98. The Hall–Kier alpha value is -0.490. The van der Waals surface area contributed by atoms with Crippen LogP contribution < -0.4 is 0 Å². The van der Waals surface area contributed by atoms with Crippen molar-refractivity contribution in [2.24, 2.45) is 4.40 Å². The van der Waals surface area contributed by atoms with Crippen LogP contribution in [0.25, 0.3) is 0 Å². The molecule has 0 N–H and O–H groups in total. The van der Waals surface area contributed by atoms with Crippen LogP contribution >= 0.6 is 15.9 Å². The molecule has 0 aliphatic rings. The van der Waals surface area contributed by atoms with Crippen LogP contribution in [0.5, 0.6) is 0 Å². The highest BCUT2D eigenvalue weighted by molar-refractivity contribution is 9.10. The molecule has 0 saturated heterocycles. The quantitative estimate of drug-likeness (QED) is 0.781. The summed E-state index contributed by atoms with van der Waals surface area (Å²) in [6.07, 6.45) is 1.42. The molecule has 1 rings (SSSR count). The topological polar surface area (TPSA) is 55.5 Å². The molecule has 0 fully saturated rings. The van der Waals surface area contributed by atoms with E-state index in [9.17, 15) is 4.21 Å². The Kier molecular flexibility index (Phi) is 3.60. The van der Waals surface area contributed by atoms with Crippen LogP contribution in [-0.2, 0) is 11.0 Å². The summed E-state index contributed by atoms with van der Waals surface area (Å²) in [5.41, 5.74) is 0. The van der Waals surface area contributed by atoms with Gasteiger partial charge in [0.1, 0.15) is 15.6 Å². The van der Waals surface area contributed by atoms with Gasteiger partial charge in [0.15, 0.2) is 5.76 Å². The highest BCUT2D eigenvalue weighted by atomic mass is 79.9. The Balaban J connectivity index is 2.70. The molecule has 4 nitrogen and oxygen atoms in total. The van der Waals surface area contributed by atoms with Crippen molar-refractivity contribution in [1.82, 2.24) is 5.16 Å². The van der Waals surface area contributed by atoms with E-state index in [2.05, 4.69) is 25.5 Å².